The number of aromatic nitrogens is 2. The topological polar surface area (TPSA) is 134 Å². The smallest absolute Gasteiger partial charge is 0.333 e. The molecule has 0 aliphatic carbocycles. The lowest BCUT2D eigenvalue weighted by Gasteiger charge is -2.11. The lowest BCUT2D eigenvalue weighted by molar-refractivity contribution is -0.138. The minimum Gasteiger partial charge on any atom is -0.506 e. The maximum absolute atomic E-state index is 12.2. The lowest BCUT2D eigenvalue weighted by atomic mass is 10.1. The SMILES string of the molecule is Cn1c(O)c(C=N[C@H](Cc2cc(I)c(O)c(I)c2)C(=O)O)c(=O)n(C)c1=O. The summed E-state index contributed by atoms with van der Waals surface area (Å²) in [6.45, 7) is 0. The van der Waals surface area contributed by atoms with Gasteiger partial charge in [0.2, 0.25) is 5.88 Å². The number of phenols is 1. The van der Waals surface area contributed by atoms with E-state index in [1.54, 1.807) is 12.1 Å². The Morgan fingerprint density at radius 1 is 1.19 bits per heavy atom. The summed E-state index contributed by atoms with van der Waals surface area (Å²) in [5.74, 6) is -1.69. The summed E-state index contributed by atoms with van der Waals surface area (Å²) < 4.78 is 2.81. The highest BCUT2D eigenvalue weighted by atomic mass is 127. The summed E-state index contributed by atoms with van der Waals surface area (Å²) in [4.78, 5) is 39.4. The van der Waals surface area contributed by atoms with Crippen molar-refractivity contribution in [2.24, 2.45) is 19.1 Å². The molecule has 1 aromatic carbocycles. The van der Waals surface area contributed by atoms with Crippen molar-refractivity contribution in [3.8, 4) is 11.6 Å². The summed E-state index contributed by atoms with van der Waals surface area (Å²) in [5, 5.41) is 29.2. The van der Waals surface area contributed by atoms with E-state index in [9.17, 15) is 29.7 Å². The van der Waals surface area contributed by atoms with Crippen LogP contribution >= 0.6 is 45.2 Å². The summed E-state index contributed by atoms with van der Waals surface area (Å²) in [5.41, 5.74) is -1.13. The van der Waals surface area contributed by atoms with Crippen molar-refractivity contribution >= 4 is 57.4 Å². The number of halogens is 2. The fourth-order valence-corrected chi connectivity index (χ4v) is 4.20. The zero-order valence-corrected chi connectivity index (χ0v) is 18.5. The van der Waals surface area contributed by atoms with Crippen LogP contribution in [0.3, 0.4) is 0 Å². The van der Waals surface area contributed by atoms with Crippen LogP contribution in [0.1, 0.15) is 11.1 Å². The van der Waals surface area contributed by atoms with Crippen LogP contribution in [0.25, 0.3) is 0 Å². The Labute approximate surface area is 180 Å². The van der Waals surface area contributed by atoms with Gasteiger partial charge >= 0.3 is 11.7 Å². The molecule has 2 rings (SSSR count). The van der Waals surface area contributed by atoms with E-state index in [-0.39, 0.29) is 17.7 Å². The minimum atomic E-state index is -1.22. The van der Waals surface area contributed by atoms with E-state index < -0.39 is 29.1 Å². The van der Waals surface area contributed by atoms with E-state index in [4.69, 9.17) is 0 Å². The van der Waals surface area contributed by atoms with Gasteiger partial charge in [0.1, 0.15) is 11.3 Å². The molecule has 27 heavy (non-hydrogen) atoms. The molecule has 1 atom stereocenters. The molecule has 0 fully saturated rings. The highest BCUT2D eigenvalue weighted by molar-refractivity contribution is 14.1. The van der Waals surface area contributed by atoms with E-state index in [1.165, 1.54) is 14.1 Å². The number of carboxylic acids is 1. The zero-order valence-electron chi connectivity index (χ0n) is 14.2. The van der Waals surface area contributed by atoms with Gasteiger partial charge in [-0.1, -0.05) is 0 Å². The first kappa shape index (κ1) is 21.4. The molecule has 0 unspecified atom stereocenters. The van der Waals surface area contributed by atoms with Gasteiger partial charge in [0, 0.05) is 26.7 Å². The van der Waals surface area contributed by atoms with Crippen LogP contribution in [-0.2, 0) is 25.3 Å². The van der Waals surface area contributed by atoms with Crippen molar-refractivity contribution in [3.05, 3.63) is 51.2 Å². The average molecular weight is 599 g/mol. The van der Waals surface area contributed by atoms with Crippen molar-refractivity contribution in [2.45, 2.75) is 12.5 Å². The summed E-state index contributed by atoms with van der Waals surface area (Å²) in [6, 6.07) is 2.07. The zero-order chi connectivity index (χ0) is 20.5. The molecular formula is C16H15I2N3O6. The fraction of sp³-hybridized carbons (Fsp3) is 0.250. The standard InChI is InChI=1S/C16H15I2N3O6/c1-20-13(23)8(14(24)21(2)16(20)27)6-19-11(15(25)26)5-7-3-9(17)12(22)10(18)4-7/h3-4,6,11,22-23H,5H2,1-2H3,(H,25,26)/t11-/m1/s1. The third-order valence-electron chi connectivity index (χ3n) is 3.84. The van der Waals surface area contributed by atoms with Crippen molar-refractivity contribution in [3.63, 3.8) is 0 Å². The lowest BCUT2D eigenvalue weighted by Crippen LogP contribution is -2.38. The van der Waals surface area contributed by atoms with E-state index in [2.05, 4.69) is 4.99 Å². The largest absolute Gasteiger partial charge is 0.506 e. The van der Waals surface area contributed by atoms with Crippen molar-refractivity contribution < 1.29 is 20.1 Å². The molecule has 0 saturated heterocycles. The summed E-state index contributed by atoms with van der Waals surface area (Å²) in [7, 11) is 2.53. The second-order valence-corrected chi connectivity index (χ2v) is 8.01. The second-order valence-electron chi connectivity index (χ2n) is 5.69. The number of aliphatic imine (C=N–C) groups is 1. The molecule has 1 aromatic heterocycles. The number of aromatic hydroxyl groups is 2. The number of carbonyl (C=O) groups is 1. The molecule has 9 nitrogen and oxygen atoms in total. The molecule has 2 aromatic rings. The Hall–Kier alpha value is -1.90. The first-order valence-corrected chi connectivity index (χ1v) is 9.62. The normalized spacial score (nSPS) is 12.4. The van der Waals surface area contributed by atoms with E-state index >= 15 is 0 Å². The number of hydrogen-bond acceptors (Lipinski definition) is 6. The van der Waals surface area contributed by atoms with E-state index in [1.807, 2.05) is 45.2 Å². The van der Waals surface area contributed by atoms with Crippen molar-refractivity contribution in [1.82, 2.24) is 9.13 Å². The Morgan fingerprint density at radius 2 is 1.74 bits per heavy atom. The molecule has 0 amide bonds. The van der Waals surface area contributed by atoms with Crippen LogP contribution in [0.15, 0.2) is 26.7 Å². The first-order chi connectivity index (χ1) is 12.5. The van der Waals surface area contributed by atoms with Crippen LogP contribution in [0, 0.1) is 7.14 Å². The van der Waals surface area contributed by atoms with Crippen LogP contribution < -0.4 is 11.2 Å². The van der Waals surface area contributed by atoms with Crippen LogP contribution in [-0.4, -0.2) is 42.7 Å². The molecule has 0 radical (unpaired) electrons. The Kier molecular flexibility index (Phi) is 6.67. The van der Waals surface area contributed by atoms with Crippen LogP contribution in [0.5, 0.6) is 11.6 Å². The molecule has 0 aliphatic heterocycles. The Balaban J connectivity index is 2.42. The minimum absolute atomic E-state index is 0.0188. The van der Waals surface area contributed by atoms with Gasteiger partial charge in [-0.15, -0.1) is 0 Å². The quantitative estimate of drug-likeness (QED) is 0.345. The first-order valence-electron chi connectivity index (χ1n) is 7.46. The second kappa shape index (κ2) is 8.41. The Bertz CT molecular complexity index is 1030. The Morgan fingerprint density at radius 3 is 2.26 bits per heavy atom. The summed E-state index contributed by atoms with van der Waals surface area (Å²) >= 11 is 3.88. The highest BCUT2D eigenvalue weighted by Crippen LogP contribution is 2.28. The third kappa shape index (κ3) is 4.51. The van der Waals surface area contributed by atoms with Gasteiger partial charge in [-0.05, 0) is 62.9 Å². The number of rotatable bonds is 5. The molecule has 144 valence electrons. The van der Waals surface area contributed by atoms with Crippen molar-refractivity contribution in [2.75, 3.05) is 0 Å². The van der Waals surface area contributed by atoms with Gasteiger partial charge in [0.05, 0.1) is 7.14 Å². The molecule has 0 spiro atoms. The van der Waals surface area contributed by atoms with Gasteiger partial charge in [0.25, 0.3) is 5.56 Å². The van der Waals surface area contributed by atoms with Gasteiger partial charge < -0.3 is 15.3 Å². The fourth-order valence-electron chi connectivity index (χ4n) is 2.30. The molecule has 0 aliphatic rings. The average Bonchev–Trinajstić information content (AvgIpc) is 2.61. The number of nitrogens with zero attached hydrogens (tertiary/aromatic N) is 3. The molecule has 1 heterocycles. The number of carboxylic acid groups (broad SMARTS) is 1. The maximum Gasteiger partial charge on any atom is 0.333 e. The molecule has 0 bridgehead atoms. The van der Waals surface area contributed by atoms with Gasteiger partial charge in [-0.25, -0.2) is 9.59 Å². The highest BCUT2D eigenvalue weighted by Gasteiger charge is 2.19. The van der Waals surface area contributed by atoms with Crippen LogP contribution in [0.4, 0.5) is 0 Å². The number of hydrogen-bond donors (Lipinski definition) is 3. The monoisotopic (exact) mass is 599 g/mol. The predicted molar refractivity (Wildman–Crippen MR) is 115 cm³/mol. The predicted octanol–water partition coefficient (Wildman–Crippen LogP) is 0.819. The van der Waals surface area contributed by atoms with E-state index in [0.717, 1.165) is 15.3 Å². The van der Waals surface area contributed by atoms with Gasteiger partial charge in [0.15, 0.2) is 6.04 Å². The third-order valence-corrected chi connectivity index (χ3v) is 5.49. The molecule has 11 heteroatoms. The van der Waals surface area contributed by atoms with Gasteiger partial charge in [-0.2, -0.15) is 0 Å². The van der Waals surface area contributed by atoms with Gasteiger partial charge in [-0.3, -0.25) is 18.9 Å². The summed E-state index contributed by atoms with van der Waals surface area (Å²) in [6.07, 6.45) is 0.983. The maximum atomic E-state index is 12.2. The number of phenolic OH excluding ortho intramolecular Hbond substituents is 1. The van der Waals surface area contributed by atoms with Crippen molar-refractivity contribution in [1.29, 1.82) is 0 Å². The molecular weight excluding hydrogens is 584 g/mol. The molecule has 0 saturated carbocycles. The van der Waals surface area contributed by atoms with Crippen LogP contribution in [0.2, 0.25) is 0 Å². The van der Waals surface area contributed by atoms with E-state index in [0.29, 0.717) is 12.7 Å². The molecule has 3 N–H and O–H groups in total. The number of benzene rings is 1. The number of aliphatic carboxylic acids is 1.